The number of halogens is 2. The van der Waals surface area contributed by atoms with Gasteiger partial charge in [0.2, 0.25) is 0 Å². The zero-order valence-corrected chi connectivity index (χ0v) is 11.1. The highest BCUT2D eigenvalue weighted by Gasteiger charge is 2.11. The van der Waals surface area contributed by atoms with E-state index in [0.29, 0.717) is 16.1 Å². The van der Waals surface area contributed by atoms with E-state index in [0.717, 1.165) is 0 Å². The van der Waals surface area contributed by atoms with Crippen LogP contribution >= 0.6 is 23.8 Å². The molecule has 0 fully saturated rings. The summed E-state index contributed by atoms with van der Waals surface area (Å²) in [7, 11) is 0. The smallest absolute Gasteiger partial charge is 0.269 e. The van der Waals surface area contributed by atoms with Crippen LogP contribution in [-0.2, 0) is 11.3 Å². The third kappa shape index (κ3) is 2.68. The third-order valence-electron chi connectivity index (χ3n) is 2.43. The van der Waals surface area contributed by atoms with E-state index in [4.69, 9.17) is 28.6 Å². The first-order valence-electron chi connectivity index (χ1n) is 5.18. The first-order chi connectivity index (χ1) is 8.59. The van der Waals surface area contributed by atoms with E-state index >= 15 is 0 Å². The molecule has 18 heavy (non-hydrogen) atoms. The molecular formula is C12H10ClFN2OS. The Balaban J connectivity index is 2.11. The summed E-state index contributed by atoms with van der Waals surface area (Å²) in [6, 6.07) is 3.26. The number of imidazole rings is 1. The van der Waals surface area contributed by atoms with E-state index in [1.165, 1.54) is 10.9 Å². The molecule has 2 rings (SSSR count). The Morgan fingerprint density at radius 1 is 1.56 bits per heavy atom. The fourth-order valence-corrected chi connectivity index (χ4v) is 1.79. The molecule has 0 unspecified atom stereocenters. The summed E-state index contributed by atoms with van der Waals surface area (Å²) in [4.78, 5) is 3.84. The molecule has 0 saturated carbocycles. The Morgan fingerprint density at radius 3 is 3.00 bits per heavy atom. The fraction of sp³-hybridized carbons (Fsp3) is 0.167. The van der Waals surface area contributed by atoms with Gasteiger partial charge in [0.25, 0.3) is 5.17 Å². The lowest BCUT2D eigenvalue weighted by Crippen LogP contribution is -2.12. The molecule has 0 radical (unpaired) electrons. The van der Waals surface area contributed by atoms with Crippen LogP contribution in [-0.4, -0.2) is 14.7 Å². The Morgan fingerprint density at radius 2 is 2.33 bits per heavy atom. The Kier molecular flexibility index (Phi) is 3.93. The predicted molar refractivity (Wildman–Crippen MR) is 71.2 cm³/mol. The fourth-order valence-electron chi connectivity index (χ4n) is 1.42. The molecule has 1 aromatic carbocycles. The second-order valence-corrected chi connectivity index (χ2v) is 4.44. The summed E-state index contributed by atoms with van der Waals surface area (Å²) in [5.41, 5.74) is 0.825. The van der Waals surface area contributed by atoms with Gasteiger partial charge in [-0.1, -0.05) is 17.7 Å². The molecule has 0 spiro atoms. The van der Waals surface area contributed by atoms with Gasteiger partial charge in [0.15, 0.2) is 0 Å². The van der Waals surface area contributed by atoms with Crippen molar-refractivity contribution >= 4 is 29.0 Å². The van der Waals surface area contributed by atoms with E-state index in [-0.39, 0.29) is 17.6 Å². The molecule has 0 aliphatic heterocycles. The van der Waals surface area contributed by atoms with Gasteiger partial charge in [0.1, 0.15) is 18.8 Å². The number of thiocarbonyl (C=S) groups is 1. The highest BCUT2D eigenvalue weighted by molar-refractivity contribution is 7.80. The van der Waals surface area contributed by atoms with Crippen LogP contribution in [0.5, 0.6) is 0 Å². The van der Waals surface area contributed by atoms with Crippen molar-refractivity contribution < 1.29 is 9.13 Å². The van der Waals surface area contributed by atoms with E-state index in [1.54, 1.807) is 31.5 Å². The van der Waals surface area contributed by atoms with Crippen molar-refractivity contribution in [2.24, 2.45) is 0 Å². The van der Waals surface area contributed by atoms with Gasteiger partial charge in [-0.15, -0.1) is 0 Å². The Labute approximate surface area is 114 Å². The molecule has 6 heteroatoms. The number of aryl methyl sites for hydroxylation is 1. The van der Waals surface area contributed by atoms with E-state index in [9.17, 15) is 4.39 Å². The van der Waals surface area contributed by atoms with Crippen LogP contribution in [0.3, 0.4) is 0 Å². The van der Waals surface area contributed by atoms with Crippen LogP contribution in [0.25, 0.3) is 0 Å². The quantitative estimate of drug-likeness (QED) is 0.792. The average Bonchev–Trinajstić information content (AvgIpc) is 2.87. The van der Waals surface area contributed by atoms with Crippen LogP contribution in [0.15, 0.2) is 30.9 Å². The lowest BCUT2D eigenvalue weighted by molar-refractivity contribution is 0.282. The van der Waals surface area contributed by atoms with Crippen LogP contribution in [0, 0.1) is 12.7 Å². The molecule has 0 aliphatic carbocycles. The first kappa shape index (κ1) is 13.0. The Hall–Kier alpha value is -1.46. The summed E-state index contributed by atoms with van der Waals surface area (Å²) in [6.07, 6.45) is 4.74. The van der Waals surface area contributed by atoms with Gasteiger partial charge in [-0.3, -0.25) is 4.57 Å². The lowest BCUT2D eigenvalue weighted by Gasteiger charge is -2.11. The van der Waals surface area contributed by atoms with Gasteiger partial charge in [0, 0.05) is 18.0 Å². The number of rotatable bonds is 2. The number of ether oxygens (including phenoxy) is 1. The molecule has 1 heterocycles. The molecule has 2 aromatic rings. The van der Waals surface area contributed by atoms with Gasteiger partial charge in [-0.2, -0.15) is 0 Å². The van der Waals surface area contributed by atoms with Crippen molar-refractivity contribution in [3.8, 4) is 0 Å². The minimum Gasteiger partial charge on any atom is -0.465 e. The predicted octanol–water partition coefficient (Wildman–Crippen LogP) is 3.33. The third-order valence-corrected chi connectivity index (χ3v) is 3.12. The van der Waals surface area contributed by atoms with Crippen molar-refractivity contribution in [1.29, 1.82) is 0 Å². The molecular weight excluding hydrogens is 275 g/mol. The van der Waals surface area contributed by atoms with E-state index in [2.05, 4.69) is 4.98 Å². The van der Waals surface area contributed by atoms with Crippen molar-refractivity contribution in [2.75, 3.05) is 0 Å². The normalized spacial score (nSPS) is 10.4. The van der Waals surface area contributed by atoms with Crippen LogP contribution < -0.4 is 0 Å². The number of nitrogens with zero attached hydrogens (tertiary/aromatic N) is 2. The largest absolute Gasteiger partial charge is 0.465 e. The Bertz CT molecular complexity index is 572. The number of hydrogen-bond donors (Lipinski definition) is 0. The second kappa shape index (κ2) is 5.46. The van der Waals surface area contributed by atoms with Gasteiger partial charge in [-0.25, -0.2) is 9.37 Å². The molecule has 0 bridgehead atoms. The monoisotopic (exact) mass is 284 g/mol. The molecule has 94 valence electrons. The zero-order valence-electron chi connectivity index (χ0n) is 9.56. The molecule has 0 aliphatic rings. The van der Waals surface area contributed by atoms with Crippen molar-refractivity contribution in [2.45, 2.75) is 13.5 Å². The van der Waals surface area contributed by atoms with Gasteiger partial charge in [-0.05, 0) is 30.8 Å². The van der Waals surface area contributed by atoms with Gasteiger partial charge in [0.05, 0.1) is 5.02 Å². The maximum Gasteiger partial charge on any atom is 0.269 e. The SMILES string of the molecule is Cc1ccc(Cl)c(COC(=S)n2ccnc2)c1F. The summed E-state index contributed by atoms with van der Waals surface area (Å²) in [5, 5.41) is 0.524. The van der Waals surface area contributed by atoms with Gasteiger partial charge >= 0.3 is 0 Å². The number of aromatic nitrogens is 2. The minimum atomic E-state index is -0.365. The maximum atomic E-state index is 13.8. The molecule has 0 N–H and O–H groups in total. The number of benzene rings is 1. The summed E-state index contributed by atoms with van der Waals surface area (Å²) < 4.78 is 20.7. The van der Waals surface area contributed by atoms with Crippen molar-refractivity contribution in [3.63, 3.8) is 0 Å². The van der Waals surface area contributed by atoms with E-state index in [1.807, 2.05) is 0 Å². The maximum absolute atomic E-state index is 13.8. The van der Waals surface area contributed by atoms with Crippen LogP contribution in [0.1, 0.15) is 11.1 Å². The van der Waals surface area contributed by atoms with Crippen molar-refractivity contribution in [1.82, 2.24) is 9.55 Å². The average molecular weight is 285 g/mol. The zero-order chi connectivity index (χ0) is 13.1. The number of hydrogen-bond acceptors (Lipinski definition) is 3. The molecule has 0 atom stereocenters. The van der Waals surface area contributed by atoms with Crippen molar-refractivity contribution in [3.05, 3.63) is 52.8 Å². The molecule has 1 aromatic heterocycles. The summed E-state index contributed by atoms with van der Waals surface area (Å²) in [5.74, 6) is -0.365. The molecule has 3 nitrogen and oxygen atoms in total. The molecule has 0 amide bonds. The van der Waals surface area contributed by atoms with Crippen LogP contribution in [0.2, 0.25) is 5.02 Å². The minimum absolute atomic E-state index is 0.0106. The van der Waals surface area contributed by atoms with Gasteiger partial charge < -0.3 is 4.74 Å². The van der Waals surface area contributed by atoms with Crippen LogP contribution in [0.4, 0.5) is 4.39 Å². The lowest BCUT2D eigenvalue weighted by atomic mass is 10.1. The highest BCUT2D eigenvalue weighted by atomic mass is 35.5. The second-order valence-electron chi connectivity index (χ2n) is 3.68. The summed E-state index contributed by atoms with van der Waals surface area (Å²) >= 11 is 11.0. The van der Waals surface area contributed by atoms with E-state index < -0.39 is 0 Å². The summed E-state index contributed by atoms with van der Waals surface area (Å²) in [6.45, 7) is 1.66. The molecule has 0 saturated heterocycles. The highest BCUT2D eigenvalue weighted by Crippen LogP contribution is 2.22. The topological polar surface area (TPSA) is 27.1 Å². The first-order valence-corrected chi connectivity index (χ1v) is 5.97. The standard InChI is InChI=1S/C12H10ClFN2OS/c1-8-2-3-10(13)9(11(8)14)6-17-12(18)16-5-4-15-7-16/h2-5,7H,6H2,1H3.